The van der Waals surface area contributed by atoms with Gasteiger partial charge in [-0.25, -0.2) is 0 Å². The maximum atomic E-state index is 5.44. The molecule has 0 N–H and O–H groups in total. The van der Waals surface area contributed by atoms with Gasteiger partial charge in [0.1, 0.15) is 0 Å². The summed E-state index contributed by atoms with van der Waals surface area (Å²) in [5.74, 6) is 0. The molecule has 2 fully saturated rings. The molecule has 1 aliphatic carbocycles. The SMILES string of the molecule is C1CCC[C@H]2O[C@@H]2CC1. The molecule has 1 heterocycles. The first-order valence-corrected chi connectivity index (χ1v) is 4.12. The molecule has 2 atom stereocenters. The van der Waals surface area contributed by atoms with Crippen LogP contribution in [0.3, 0.4) is 0 Å². The molecule has 0 radical (unpaired) electrons. The number of fused-ring (bicyclic) bond motifs is 1. The Morgan fingerprint density at radius 1 is 0.778 bits per heavy atom. The van der Waals surface area contributed by atoms with E-state index < -0.39 is 0 Å². The Bertz CT molecular complexity index is 88.7. The Labute approximate surface area is 56.4 Å². The molecular weight excluding hydrogens is 112 g/mol. The zero-order valence-electron chi connectivity index (χ0n) is 5.81. The lowest BCUT2D eigenvalue weighted by Crippen LogP contribution is -1.97. The van der Waals surface area contributed by atoms with E-state index in [9.17, 15) is 0 Å². The van der Waals surface area contributed by atoms with Gasteiger partial charge in [-0.15, -0.1) is 0 Å². The molecular formula is C8H14O. The van der Waals surface area contributed by atoms with E-state index in [4.69, 9.17) is 4.74 Å². The molecule has 52 valence electrons. The van der Waals surface area contributed by atoms with Crippen molar-refractivity contribution in [2.75, 3.05) is 0 Å². The van der Waals surface area contributed by atoms with E-state index in [-0.39, 0.29) is 0 Å². The van der Waals surface area contributed by atoms with Gasteiger partial charge in [-0.2, -0.15) is 0 Å². The van der Waals surface area contributed by atoms with Gasteiger partial charge in [0.25, 0.3) is 0 Å². The molecule has 1 saturated carbocycles. The van der Waals surface area contributed by atoms with Gasteiger partial charge in [-0.05, 0) is 12.8 Å². The van der Waals surface area contributed by atoms with Crippen molar-refractivity contribution in [3.05, 3.63) is 0 Å². The second-order valence-electron chi connectivity index (χ2n) is 3.20. The molecule has 0 amide bonds. The number of ether oxygens (including phenoxy) is 1. The highest BCUT2D eigenvalue weighted by atomic mass is 16.6. The normalized spacial score (nSPS) is 42.7. The molecule has 0 aromatic rings. The lowest BCUT2D eigenvalue weighted by molar-refractivity contribution is 0.358. The third kappa shape index (κ3) is 1.26. The summed E-state index contributed by atoms with van der Waals surface area (Å²) >= 11 is 0. The van der Waals surface area contributed by atoms with Crippen LogP contribution in [0.15, 0.2) is 0 Å². The van der Waals surface area contributed by atoms with Crippen LogP contribution in [0.4, 0.5) is 0 Å². The fourth-order valence-corrected chi connectivity index (χ4v) is 1.73. The van der Waals surface area contributed by atoms with Crippen LogP contribution in [0, 0.1) is 0 Å². The van der Waals surface area contributed by atoms with Crippen molar-refractivity contribution >= 4 is 0 Å². The van der Waals surface area contributed by atoms with Gasteiger partial charge in [0, 0.05) is 0 Å². The topological polar surface area (TPSA) is 12.5 Å². The Morgan fingerprint density at radius 3 is 1.89 bits per heavy atom. The van der Waals surface area contributed by atoms with Crippen LogP contribution >= 0.6 is 0 Å². The quantitative estimate of drug-likeness (QED) is 0.453. The van der Waals surface area contributed by atoms with Crippen LogP contribution in [0.5, 0.6) is 0 Å². The Balaban J connectivity index is 1.81. The maximum absolute atomic E-state index is 5.44. The minimum absolute atomic E-state index is 0.685. The fraction of sp³-hybridized carbons (Fsp3) is 1.00. The number of hydrogen-bond acceptors (Lipinski definition) is 1. The van der Waals surface area contributed by atoms with Gasteiger partial charge >= 0.3 is 0 Å². The highest BCUT2D eigenvalue weighted by Gasteiger charge is 2.37. The molecule has 2 aliphatic rings. The highest BCUT2D eigenvalue weighted by Crippen LogP contribution is 2.33. The Kier molecular flexibility index (Phi) is 1.46. The van der Waals surface area contributed by atoms with E-state index in [2.05, 4.69) is 0 Å². The van der Waals surface area contributed by atoms with Crippen LogP contribution in [0.1, 0.15) is 38.5 Å². The number of hydrogen-bond donors (Lipinski definition) is 0. The first-order chi connectivity index (χ1) is 4.47. The van der Waals surface area contributed by atoms with Crippen LogP contribution < -0.4 is 0 Å². The molecule has 1 nitrogen and oxygen atoms in total. The summed E-state index contributed by atoms with van der Waals surface area (Å²) in [7, 11) is 0. The van der Waals surface area contributed by atoms with Crippen molar-refractivity contribution < 1.29 is 4.74 Å². The Hall–Kier alpha value is -0.0400. The largest absolute Gasteiger partial charge is 0.370 e. The smallest absolute Gasteiger partial charge is 0.0841 e. The molecule has 9 heavy (non-hydrogen) atoms. The summed E-state index contributed by atoms with van der Waals surface area (Å²) in [4.78, 5) is 0. The van der Waals surface area contributed by atoms with Crippen molar-refractivity contribution in [3.63, 3.8) is 0 Å². The average molecular weight is 126 g/mol. The van der Waals surface area contributed by atoms with Crippen molar-refractivity contribution in [1.29, 1.82) is 0 Å². The highest BCUT2D eigenvalue weighted by molar-refractivity contribution is 4.85. The maximum Gasteiger partial charge on any atom is 0.0841 e. The van der Waals surface area contributed by atoms with E-state index >= 15 is 0 Å². The zero-order chi connectivity index (χ0) is 6.10. The predicted molar refractivity (Wildman–Crippen MR) is 36.4 cm³/mol. The summed E-state index contributed by atoms with van der Waals surface area (Å²) < 4.78 is 5.44. The minimum atomic E-state index is 0.685. The first kappa shape index (κ1) is 5.72. The Morgan fingerprint density at radius 2 is 1.33 bits per heavy atom. The van der Waals surface area contributed by atoms with Crippen molar-refractivity contribution in [3.8, 4) is 0 Å². The molecule has 0 unspecified atom stereocenters. The third-order valence-electron chi connectivity index (χ3n) is 2.41. The van der Waals surface area contributed by atoms with Gasteiger partial charge in [-0.3, -0.25) is 0 Å². The summed E-state index contributed by atoms with van der Waals surface area (Å²) in [6.45, 7) is 0. The van der Waals surface area contributed by atoms with Gasteiger partial charge < -0.3 is 4.74 Å². The summed E-state index contributed by atoms with van der Waals surface area (Å²) in [5, 5.41) is 0. The van der Waals surface area contributed by atoms with Crippen molar-refractivity contribution in [2.45, 2.75) is 50.7 Å². The second kappa shape index (κ2) is 2.30. The third-order valence-corrected chi connectivity index (χ3v) is 2.41. The average Bonchev–Trinajstić information content (AvgIpc) is 2.46. The van der Waals surface area contributed by atoms with E-state index in [1.54, 1.807) is 0 Å². The standard InChI is InChI=1S/C8H14O/c1-2-4-6-8-7(9-8)5-3-1/h7-8H,1-6H2/t7-,8-/m1/s1. The molecule has 0 spiro atoms. The molecule has 0 bridgehead atoms. The second-order valence-corrected chi connectivity index (χ2v) is 3.20. The molecule has 1 heteroatoms. The monoisotopic (exact) mass is 126 g/mol. The van der Waals surface area contributed by atoms with Gasteiger partial charge in [0.2, 0.25) is 0 Å². The molecule has 2 rings (SSSR count). The summed E-state index contributed by atoms with van der Waals surface area (Å²) in [6.07, 6.45) is 9.73. The van der Waals surface area contributed by atoms with Gasteiger partial charge in [-0.1, -0.05) is 25.7 Å². The lowest BCUT2D eigenvalue weighted by atomic mass is 10.0. The molecule has 0 aromatic heterocycles. The number of epoxide rings is 1. The van der Waals surface area contributed by atoms with Crippen LogP contribution in [0.2, 0.25) is 0 Å². The predicted octanol–water partition coefficient (Wildman–Crippen LogP) is 2.11. The van der Waals surface area contributed by atoms with Gasteiger partial charge in [0.15, 0.2) is 0 Å². The first-order valence-electron chi connectivity index (χ1n) is 4.12. The number of rotatable bonds is 0. The van der Waals surface area contributed by atoms with Crippen molar-refractivity contribution in [2.24, 2.45) is 0 Å². The van der Waals surface area contributed by atoms with Crippen molar-refractivity contribution in [1.82, 2.24) is 0 Å². The van der Waals surface area contributed by atoms with E-state index in [0.717, 1.165) is 0 Å². The lowest BCUT2D eigenvalue weighted by Gasteiger charge is -2.01. The van der Waals surface area contributed by atoms with E-state index in [0.29, 0.717) is 12.2 Å². The van der Waals surface area contributed by atoms with Crippen LogP contribution in [0.25, 0.3) is 0 Å². The van der Waals surface area contributed by atoms with Crippen LogP contribution in [-0.2, 0) is 4.74 Å². The molecule has 0 aromatic carbocycles. The zero-order valence-corrected chi connectivity index (χ0v) is 5.81. The van der Waals surface area contributed by atoms with E-state index in [1.165, 1.54) is 38.5 Å². The molecule has 1 aliphatic heterocycles. The van der Waals surface area contributed by atoms with Gasteiger partial charge in [0.05, 0.1) is 12.2 Å². The molecule has 1 saturated heterocycles. The van der Waals surface area contributed by atoms with Crippen LogP contribution in [-0.4, -0.2) is 12.2 Å². The summed E-state index contributed by atoms with van der Waals surface area (Å²) in [6, 6.07) is 0. The fourth-order valence-electron chi connectivity index (χ4n) is 1.73. The van der Waals surface area contributed by atoms with E-state index in [1.807, 2.05) is 0 Å². The minimum Gasteiger partial charge on any atom is -0.370 e. The summed E-state index contributed by atoms with van der Waals surface area (Å²) in [5.41, 5.74) is 0.